The van der Waals surface area contributed by atoms with E-state index in [1.807, 2.05) is 32.0 Å². The normalized spacial score (nSPS) is 10.3. The van der Waals surface area contributed by atoms with E-state index in [2.05, 4.69) is 0 Å². The molecule has 3 nitrogen and oxygen atoms in total. The quantitative estimate of drug-likeness (QED) is 0.849. The number of methoxy groups -OCH3 is 1. The minimum absolute atomic E-state index is 0.583. The second-order valence-electron chi connectivity index (χ2n) is 4.37. The molecule has 0 saturated heterocycles. The van der Waals surface area contributed by atoms with E-state index in [9.17, 15) is 0 Å². The highest BCUT2D eigenvalue weighted by Crippen LogP contribution is 2.34. The molecule has 0 aliphatic heterocycles. The van der Waals surface area contributed by atoms with Gasteiger partial charge in [0.25, 0.3) is 0 Å². The average Bonchev–Trinajstić information content (AvgIpc) is 2.35. The highest BCUT2D eigenvalue weighted by molar-refractivity contribution is 6.30. The third-order valence-electron chi connectivity index (χ3n) is 2.85. The Balaban J connectivity index is 2.36. The second kappa shape index (κ2) is 5.41. The molecule has 4 heteroatoms. The Bertz CT molecular complexity index is 588. The lowest BCUT2D eigenvalue weighted by Crippen LogP contribution is -1.95. The molecule has 0 amide bonds. The molecule has 0 aliphatic rings. The van der Waals surface area contributed by atoms with E-state index in [1.165, 1.54) is 0 Å². The zero-order valence-electron chi connectivity index (χ0n) is 11.2. The molecule has 2 N–H and O–H groups in total. The Morgan fingerprint density at radius 2 is 1.68 bits per heavy atom. The van der Waals surface area contributed by atoms with Crippen LogP contribution in [-0.2, 0) is 0 Å². The number of aryl methyl sites for hydroxylation is 2. The van der Waals surface area contributed by atoms with Gasteiger partial charge >= 0.3 is 0 Å². The van der Waals surface area contributed by atoms with Crippen molar-refractivity contribution < 1.29 is 9.47 Å². The third kappa shape index (κ3) is 2.93. The molecule has 0 bridgehead atoms. The summed E-state index contributed by atoms with van der Waals surface area (Å²) in [6.45, 7) is 3.92. The van der Waals surface area contributed by atoms with Crippen molar-refractivity contribution in [1.29, 1.82) is 0 Å². The summed E-state index contributed by atoms with van der Waals surface area (Å²) >= 11 is 6.00. The van der Waals surface area contributed by atoms with Crippen LogP contribution in [0.15, 0.2) is 30.3 Å². The lowest BCUT2D eigenvalue weighted by atomic mass is 10.1. The van der Waals surface area contributed by atoms with Gasteiger partial charge in [-0.2, -0.15) is 0 Å². The Morgan fingerprint density at radius 3 is 2.26 bits per heavy atom. The number of nitrogen functional groups attached to an aromatic ring is 1. The summed E-state index contributed by atoms with van der Waals surface area (Å²) < 4.78 is 11.1. The van der Waals surface area contributed by atoms with Crippen molar-refractivity contribution in [3.8, 4) is 17.2 Å². The Labute approximate surface area is 117 Å². The minimum atomic E-state index is 0.583. The number of anilines is 1. The summed E-state index contributed by atoms with van der Waals surface area (Å²) in [5.74, 6) is 2.08. The summed E-state index contributed by atoms with van der Waals surface area (Å²) in [6, 6.07) is 9.08. The van der Waals surface area contributed by atoms with E-state index in [0.717, 1.165) is 16.9 Å². The topological polar surface area (TPSA) is 44.5 Å². The number of hydrogen-bond donors (Lipinski definition) is 1. The summed E-state index contributed by atoms with van der Waals surface area (Å²) in [4.78, 5) is 0. The van der Waals surface area contributed by atoms with Crippen LogP contribution in [0.5, 0.6) is 17.2 Å². The lowest BCUT2D eigenvalue weighted by molar-refractivity contribution is 0.410. The largest absolute Gasteiger partial charge is 0.494 e. The van der Waals surface area contributed by atoms with Crippen molar-refractivity contribution >= 4 is 17.3 Å². The molecule has 0 unspecified atom stereocenters. The van der Waals surface area contributed by atoms with Crippen LogP contribution in [0.3, 0.4) is 0 Å². The average molecular weight is 278 g/mol. The first-order chi connectivity index (χ1) is 9.01. The first kappa shape index (κ1) is 13.6. The second-order valence-corrected chi connectivity index (χ2v) is 4.81. The van der Waals surface area contributed by atoms with Crippen molar-refractivity contribution in [1.82, 2.24) is 0 Å². The van der Waals surface area contributed by atoms with E-state index in [-0.39, 0.29) is 0 Å². The molecule has 0 heterocycles. The maximum absolute atomic E-state index is 6.00. The van der Waals surface area contributed by atoms with Crippen LogP contribution >= 0.6 is 11.6 Å². The standard InChI is InChI=1S/C15H16ClNO2/c1-9-6-11(16)7-10(2)15(9)19-12-4-5-13(17)14(8-12)18-3/h4-8H,17H2,1-3H3. The maximum atomic E-state index is 6.00. The van der Waals surface area contributed by atoms with Gasteiger partial charge in [0, 0.05) is 11.1 Å². The van der Waals surface area contributed by atoms with Gasteiger partial charge in [0.05, 0.1) is 12.8 Å². The zero-order valence-corrected chi connectivity index (χ0v) is 11.9. The maximum Gasteiger partial charge on any atom is 0.145 e. The van der Waals surface area contributed by atoms with Gasteiger partial charge in [0.2, 0.25) is 0 Å². The first-order valence-electron chi connectivity index (χ1n) is 5.89. The third-order valence-corrected chi connectivity index (χ3v) is 3.07. The smallest absolute Gasteiger partial charge is 0.145 e. The molecular formula is C15H16ClNO2. The van der Waals surface area contributed by atoms with E-state index in [1.54, 1.807) is 19.2 Å². The van der Waals surface area contributed by atoms with Crippen LogP contribution in [0.4, 0.5) is 5.69 Å². The number of halogens is 1. The van der Waals surface area contributed by atoms with Crippen molar-refractivity contribution in [2.75, 3.05) is 12.8 Å². The Hall–Kier alpha value is -1.87. The summed E-state index contributed by atoms with van der Waals surface area (Å²) in [7, 11) is 1.58. The van der Waals surface area contributed by atoms with Gasteiger partial charge < -0.3 is 15.2 Å². The van der Waals surface area contributed by atoms with E-state index >= 15 is 0 Å². The summed E-state index contributed by atoms with van der Waals surface area (Å²) in [5.41, 5.74) is 8.33. The highest BCUT2D eigenvalue weighted by Gasteiger charge is 2.09. The van der Waals surface area contributed by atoms with Crippen LogP contribution in [0.25, 0.3) is 0 Å². The summed E-state index contributed by atoms with van der Waals surface area (Å²) in [5, 5.41) is 0.706. The van der Waals surface area contributed by atoms with E-state index < -0.39 is 0 Å². The fourth-order valence-corrected chi connectivity index (χ4v) is 2.26. The Morgan fingerprint density at radius 1 is 1.05 bits per heavy atom. The van der Waals surface area contributed by atoms with Gasteiger partial charge in [0.15, 0.2) is 0 Å². The molecule has 0 aliphatic carbocycles. The van der Waals surface area contributed by atoms with E-state index in [0.29, 0.717) is 22.2 Å². The zero-order chi connectivity index (χ0) is 14.0. The molecule has 0 aromatic heterocycles. The number of nitrogens with two attached hydrogens (primary N) is 1. The number of ether oxygens (including phenoxy) is 2. The van der Waals surface area contributed by atoms with Crippen LogP contribution < -0.4 is 15.2 Å². The molecule has 19 heavy (non-hydrogen) atoms. The van der Waals surface area contributed by atoms with Crippen molar-refractivity contribution in [2.24, 2.45) is 0 Å². The molecule has 100 valence electrons. The SMILES string of the molecule is COc1cc(Oc2c(C)cc(Cl)cc2C)ccc1N. The molecule has 0 saturated carbocycles. The first-order valence-corrected chi connectivity index (χ1v) is 6.27. The molecule has 2 aromatic carbocycles. The molecular weight excluding hydrogens is 262 g/mol. The fourth-order valence-electron chi connectivity index (χ4n) is 1.93. The fraction of sp³-hybridized carbons (Fsp3) is 0.200. The van der Waals surface area contributed by atoms with Gasteiger partial charge in [-0.1, -0.05) is 11.6 Å². The Kier molecular flexibility index (Phi) is 3.86. The van der Waals surface area contributed by atoms with Crippen LogP contribution in [0.2, 0.25) is 5.02 Å². The van der Waals surface area contributed by atoms with Gasteiger partial charge in [-0.15, -0.1) is 0 Å². The van der Waals surface area contributed by atoms with Gasteiger partial charge in [-0.25, -0.2) is 0 Å². The molecule has 0 fully saturated rings. The van der Waals surface area contributed by atoms with Gasteiger partial charge in [0.1, 0.15) is 17.2 Å². The van der Waals surface area contributed by atoms with Crippen molar-refractivity contribution in [3.05, 3.63) is 46.5 Å². The molecule has 0 spiro atoms. The van der Waals surface area contributed by atoms with Crippen LogP contribution in [0, 0.1) is 13.8 Å². The van der Waals surface area contributed by atoms with Crippen molar-refractivity contribution in [2.45, 2.75) is 13.8 Å². The summed E-state index contributed by atoms with van der Waals surface area (Å²) in [6.07, 6.45) is 0. The predicted octanol–water partition coefficient (Wildman–Crippen LogP) is 4.34. The lowest BCUT2D eigenvalue weighted by Gasteiger charge is -2.13. The van der Waals surface area contributed by atoms with Crippen LogP contribution in [-0.4, -0.2) is 7.11 Å². The number of benzene rings is 2. The molecule has 2 aromatic rings. The molecule has 0 radical (unpaired) electrons. The van der Waals surface area contributed by atoms with E-state index in [4.69, 9.17) is 26.8 Å². The predicted molar refractivity (Wildman–Crippen MR) is 78.4 cm³/mol. The monoisotopic (exact) mass is 277 g/mol. The van der Waals surface area contributed by atoms with Crippen LogP contribution in [0.1, 0.15) is 11.1 Å². The van der Waals surface area contributed by atoms with Gasteiger partial charge in [-0.05, 0) is 49.2 Å². The minimum Gasteiger partial charge on any atom is -0.494 e. The number of hydrogen-bond acceptors (Lipinski definition) is 3. The van der Waals surface area contributed by atoms with Crippen molar-refractivity contribution in [3.63, 3.8) is 0 Å². The molecule has 0 atom stereocenters. The number of rotatable bonds is 3. The molecule has 2 rings (SSSR count). The highest BCUT2D eigenvalue weighted by atomic mass is 35.5. The van der Waals surface area contributed by atoms with Gasteiger partial charge in [-0.3, -0.25) is 0 Å².